The van der Waals surface area contributed by atoms with Crippen molar-refractivity contribution >= 4 is 36.0 Å². The van der Waals surface area contributed by atoms with Crippen molar-refractivity contribution in [3.63, 3.8) is 0 Å². The summed E-state index contributed by atoms with van der Waals surface area (Å²) >= 11 is 2.02. The zero-order chi connectivity index (χ0) is 17.4. The summed E-state index contributed by atoms with van der Waals surface area (Å²) in [7, 11) is 0. The summed E-state index contributed by atoms with van der Waals surface area (Å²) in [5, 5.41) is 0. The third-order valence-corrected chi connectivity index (χ3v) is 4.98. The van der Waals surface area contributed by atoms with Gasteiger partial charge in [0.15, 0.2) is 0 Å². The molecule has 6 heteroatoms. The second kappa shape index (κ2) is 9.39. The van der Waals surface area contributed by atoms with E-state index in [1.807, 2.05) is 62.4 Å². The SMILES string of the molecule is Cc1ccccc1SOC(=O)CCC(=O)OSc1ccccc1C. The fourth-order valence-corrected chi connectivity index (χ4v) is 2.97. The van der Waals surface area contributed by atoms with Crippen molar-refractivity contribution < 1.29 is 18.0 Å². The maximum atomic E-state index is 11.7. The number of rotatable bonds is 7. The monoisotopic (exact) mass is 362 g/mol. The lowest BCUT2D eigenvalue weighted by molar-refractivity contribution is -0.139. The molecule has 2 aromatic carbocycles. The van der Waals surface area contributed by atoms with Crippen LogP contribution in [0.3, 0.4) is 0 Å². The van der Waals surface area contributed by atoms with Gasteiger partial charge < -0.3 is 8.37 Å². The first-order chi connectivity index (χ1) is 11.6. The van der Waals surface area contributed by atoms with Crippen LogP contribution in [0.25, 0.3) is 0 Å². The highest BCUT2D eigenvalue weighted by Gasteiger charge is 2.12. The first-order valence-corrected chi connectivity index (χ1v) is 8.90. The molecule has 4 nitrogen and oxygen atoms in total. The van der Waals surface area contributed by atoms with Crippen LogP contribution < -0.4 is 0 Å². The Morgan fingerprint density at radius 3 is 1.50 bits per heavy atom. The van der Waals surface area contributed by atoms with E-state index in [1.54, 1.807) is 0 Å². The predicted molar refractivity (Wildman–Crippen MR) is 95.5 cm³/mol. The Kier molecular flexibility index (Phi) is 7.21. The maximum absolute atomic E-state index is 11.7. The number of carbonyl (C=O) groups excluding carboxylic acids is 2. The second-order valence-corrected chi connectivity index (χ2v) is 6.65. The van der Waals surface area contributed by atoms with Gasteiger partial charge in [-0.15, -0.1) is 0 Å². The fraction of sp³-hybridized carbons (Fsp3) is 0.222. The molecule has 0 aromatic heterocycles. The average Bonchev–Trinajstić information content (AvgIpc) is 2.58. The van der Waals surface area contributed by atoms with Gasteiger partial charge in [-0.2, -0.15) is 0 Å². The summed E-state index contributed by atoms with van der Waals surface area (Å²) in [6.45, 7) is 3.88. The van der Waals surface area contributed by atoms with Crippen LogP contribution in [-0.4, -0.2) is 11.9 Å². The van der Waals surface area contributed by atoms with Crippen LogP contribution in [0.4, 0.5) is 0 Å². The van der Waals surface area contributed by atoms with Gasteiger partial charge in [0.2, 0.25) is 0 Å². The molecular formula is C18H18O4S2. The fourth-order valence-electron chi connectivity index (χ4n) is 1.77. The lowest BCUT2D eigenvalue weighted by Gasteiger charge is -2.06. The third-order valence-electron chi connectivity index (χ3n) is 3.17. The number of hydrogen-bond donors (Lipinski definition) is 0. The highest BCUT2D eigenvalue weighted by Crippen LogP contribution is 2.25. The van der Waals surface area contributed by atoms with Crippen LogP contribution in [0.2, 0.25) is 0 Å². The normalized spacial score (nSPS) is 10.2. The summed E-state index contributed by atoms with van der Waals surface area (Å²) in [6.07, 6.45) is -0.0158. The van der Waals surface area contributed by atoms with Crippen LogP contribution in [0.5, 0.6) is 0 Å². The minimum Gasteiger partial charge on any atom is -0.386 e. The van der Waals surface area contributed by atoms with E-state index < -0.39 is 11.9 Å². The largest absolute Gasteiger partial charge is 0.386 e. The lowest BCUT2D eigenvalue weighted by atomic mass is 10.2. The molecule has 0 unspecified atom stereocenters. The summed E-state index contributed by atoms with van der Waals surface area (Å²) in [4.78, 5) is 25.2. The molecule has 0 aliphatic heterocycles. The number of carbonyl (C=O) groups is 2. The minimum atomic E-state index is -0.443. The van der Waals surface area contributed by atoms with Gasteiger partial charge >= 0.3 is 11.9 Å². The van der Waals surface area contributed by atoms with Crippen molar-refractivity contribution in [3.8, 4) is 0 Å². The standard InChI is InChI=1S/C18H18O4S2/c1-13-7-3-5-9-15(13)23-21-17(19)11-12-18(20)22-24-16-10-6-4-8-14(16)2/h3-10H,11-12H2,1-2H3. The van der Waals surface area contributed by atoms with Crippen LogP contribution >= 0.6 is 24.1 Å². The summed E-state index contributed by atoms with van der Waals surface area (Å²) in [5.74, 6) is -0.887. The van der Waals surface area contributed by atoms with Gasteiger partial charge in [-0.1, -0.05) is 36.4 Å². The van der Waals surface area contributed by atoms with E-state index in [0.29, 0.717) is 0 Å². The molecule has 0 amide bonds. The molecule has 0 bridgehead atoms. The second-order valence-electron chi connectivity index (χ2n) is 5.11. The molecule has 24 heavy (non-hydrogen) atoms. The van der Waals surface area contributed by atoms with E-state index in [2.05, 4.69) is 0 Å². The Morgan fingerprint density at radius 2 is 1.12 bits per heavy atom. The van der Waals surface area contributed by atoms with Gasteiger partial charge in [-0.3, -0.25) is 9.59 Å². The minimum absolute atomic E-state index is 0.00789. The van der Waals surface area contributed by atoms with Gasteiger partial charge in [-0.05, 0) is 37.1 Å². The zero-order valence-electron chi connectivity index (χ0n) is 13.5. The molecule has 0 N–H and O–H groups in total. The van der Waals surface area contributed by atoms with Crippen molar-refractivity contribution in [3.05, 3.63) is 59.7 Å². The van der Waals surface area contributed by atoms with E-state index in [9.17, 15) is 9.59 Å². The summed E-state index contributed by atoms with van der Waals surface area (Å²) < 4.78 is 10.2. The lowest BCUT2D eigenvalue weighted by Crippen LogP contribution is -2.05. The van der Waals surface area contributed by atoms with Gasteiger partial charge in [0, 0.05) is 0 Å². The molecule has 2 aromatic rings. The van der Waals surface area contributed by atoms with Crippen LogP contribution in [-0.2, 0) is 18.0 Å². The third kappa shape index (κ3) is 5.94. The van der Waals surface area contributed by atoms with Crippen molar-refractivity contribution in [2.24, 2.45) is 0 Å². The van der Waals surface area contributed by atoms with Gasteiger partial charge in [-0.25, -0.2) is 0 Å². The molecule has 0 saturated heterocycles. The Hall–Kier alpha value is -1.92. The van der Waals surface area contributed by atoms with Gasteiger partial charge in [0.25, 0.3) is 0 Å². The van der Waals surface area contributed by atoms with Crippen molar-refractivity contribution in [2.45, 2.75) is 36.5 Å². The van der Waals surface area contributed by atoms with Crippen molar-refractivity contribution in [1.82, 2.24) is 0 Å². The quantitative estimate of drug-likeness (QED) is 0.654. The zero-order valence-corrected chi connectivity index (χ0v) is 15.1. The van der Waals surface area contributed by atoms with Crippen LogP contribution in [0.1, 0.15) is 24.0 Å². The molecule has 0 radical (unpaired) electrons. The molecule has 0 fully saturated rings. The molecule has 0 aliphatic rings. The number of aryl methyl sites for hydroxylation is 2. The molecule has 126 valence electrons. The Labute approximate surface area is 150 Å². The highest BCUT2D eigenvalue weighted by molar-refractivity contribution is 7.95. The molecule has 0 aliphatic carbocycles. The van der Waals surface area contributed by atoms with Crippen molar-refractivity contribution in [1.29, 1.82) is 0 Å². The number of hydrogen-bond acceptors (Lipinski definition) is 6. The Balaban J connectivity index is 1.69. The topological polar surface area (TPSA) is 52.6 Å². The Morgan fingerprint density at radius 1 is 0.750 bits per heavy atom. The number of benzene rings is 2. The molecule has 2 rings (SSSR count). The summed E-state index contributed by atoms with van der Waals surface area (Å²) in [6, 6.07) is 15.2. The predicted octanol–water partition coefficient (Wildman–Crippen LogP) is 4.88. The smallest absolute Gasteiger partial charge is 0.318 e. The van der Waals surface area contributed by atoms with Crippen molar-refractivity contribution in [2.75, 3.05) is 0 Å². The van der Waals surface area contributed by atoms with Gasteiger partial charge in [0.1, 0.15) is 0 Å². The first kappa shape index (κ1) is 18.4. The molecular weight excluding hydrogens is 344 g/mol. The Bertz CT molecular complexity index is 654. The van der Waals surface area contributed by atoms with E-state index in [1.165, 1.54) is 0 Å². The molecule has 0 spiro atoms. The molecule has 0 atom stereocenters. The van der Waals surface area contributed by atoms with Crippen LogP contribution in [0.15, 0.2) is 58.3 Å². The first-order valence-electron chi connectivity index (χ1n) is 7.42. The van der Waals surface area contributed by atoms with Crippen LogP contribution in [0, 0.1) is 13.8 Å². The average molecular weight is 362 g/mol. The van der Waals surface area contributed by atoms with E-state index in [0.717, 1.165) is 45.0 Å². The maximum Gasteiger partial charge on any atom is 0.318 e. The molecule has 0 heterocycles. The van der Waals surface area contributed by atoms with E-state index in [-0.39, 0.29) is 12.8 Å². The van der Waals surface area contributed by atoms with Gasteiger partial charge in [0.05, 0.1) is 46.7 Å². The highest BCUT2D eigenvalue weighted by atomic mass is 32.2. The summed E-state index contributed by atoms with van der Waals surface area (Å²) in [5.41, 5.74) is 2.06. The molecule has 0 saturated carbocycles. The van der Waals surface area contributed by atoms with E-state index in [4.69, 9.17) is 8.37 Å². The van der Waals surface area contributed by atoms with E-state index >= 15 is 0 Å².